The van der Waals surface area contributed by atoms with Crippen molar-refractivity contribution >= 4 is 29.3 Å². The number of nitrogens with zero attached hydrogens (tertiary/aromatic N) is 2. The molecule has 130 valence electrons. The lowest BCUT2D eigenvalue weighted by Crippen LogP contribution is -2.48. The first-order chi connectivity index (χ1) is 12.1. The maximum absolute atomic E-state index is 12.9. The molecule has 2 amide bonds. The molecule has 0 atom stereocenters. The standard InChI is InChI=1S/C19H21N3O2S/c20-18(23)14-25-17-9-5-4-8-16(17)19(24)22-12-10-21(11-13-22)15-6-2-1-3-7-15/h1-9H,10-14H2,(H2,20,23). The Hall–Kier alpha value is -2.47. The van der Waals surface area contributed by atoms with Gasteiger partial charge in [-0.1, -0.05) is 30.3 Å². The first kappa shape index (κ1) is 17.4. The Morgan fingerprint density at radius 2 is 1.56 bits per heavy atom. The van der Waals surface area contributed by atoms with Gasteiger partial charge in [-0.05, 0) is 24.3 Å². The second-order valence-corrected chi connectivity index (χ2v) is 6.88. The SMILES string of the molecule is NC(=O)CSc1ccccc1C(=O)N1CCN(c2ccccc2)CC1. The predicted octanol–water partition coefficient (Wildman–Crippen LogP) is 2.23. The van der Waals surface area contributed by atoms with Crippen molar-refractivity contribution in [2.24, 2.45) is 5.73 Å². The minimum Gasteiger partial charge on any atom is -0.369 e. The number of anilines is 1. The fourth-order valence-corrected chi connectivity index (χ4v) is 3.68. The summed E-state index contributed by atoms with van der Waals surface area (Å²) in [7, 11) is 0. The van der Waals surface area contributed by atoms with Crippen LogP contribution in [0.3, 0.4) is 0 Å². The molecule has 1 fully saturated rings. The summed E-state index contributed by atoms with van der Waals surface area (Å²) >= 11 is 1.31. The van der Waals surface area contributed by atoms with E-state index in [2.05, 4.69) is 17.0 Å². The van der Waals surface area contributed by atoms with Crippen LogP contribution in [0, 0.1) is 0 Å². The van der Waals surface area contributed by atoms with Crippen LogP contribution in [0.15, 0.2) is 59.5 Å². The summed E-state index contributed by atoms with van der Waals surface area (Å²) in [5.41, 5.74) is 7.05. The van der Waals surface area contributed by atoms with Gasteiger partial charge in [-0.25, -0.2) is 0 Å². The normalized spacial score (nSPS) is 14.4. The summed E-state index contributed by atoms with van der Waals surface area (Å²) in [4.78, 5) is 28.9. The highest BCUT2D eigenvalue weighted by Gasteiger charge is 2.24. The van der Waals surface area contributed by atoms with Crippen LogP contribution in [-0.2, 0) is 4.79 Å². The number of piperazine rings is 1. The number of rotatable bonds is 5. The Labute approximate surface area is 151 Å². The Kier molecular flexibility index (Phi) is 5.60. The number of thioether (sulfide) groups is 1. The summed E-state index contributed by atoms with van der Waals surface area (Å²) < 4.78 is 0. The van der Waals surface area contributed by atoms with Crippen LogP contribution in [-0.4, -0.2) is 48.6 Å². The smallest absolute Gasteiger partial charge is 0.255 e. The van der Waals surface area contributed by atoms with E-state index in [0.717, 1.165) is 18.0 Å². The summed E-state index contributed by atoms with van der Waals surface area (Å²) in [5, 5.41) is 0. The number of amides is 2. The highest BCUT2D eigenvalue weighted by molar-refractivity contribution is 8.00. The first-order valence-corrected chi connectivity index (χ1v) is 9.23. The maximum Gasteiger partial charge on any atom is 0.255 e. The van der Waals surface area contributed by atoms with Gasteiger partial charge in [-0.2, -0.15) is 0 Å². The number of carbonyl (C=O) groups is 2. The molecule has 2 aromatic carbocycles. The largest absolute Gasteiger partial charge is 0.369 e. The fraction of sp³-hybridized carbons (Fsp3) is 0.263. The van der Waals surface area contributed by atoms with Crippen molar-refractivity contribution in [3.05, 3.63) is 60.2 Å². The Balaban J connectivity index is 1.66. The number of carbonyl (C=O) groups excluding carboxylic acids is 2. The molecule has 0 saturated carbocycles. The third kappa shape index (κ3) is 4.33. The van der Waals surface area contributed by atoms with Gasteiger partial charge < -0.3 is 15.5 Å². The van der Waals surface area contributed by atoms with Crippen molar-refractivity contribution in [1.82, 2.24) is 4.90 Å². The molecule has 1 aliphatic heterocycles. The van der Waals surface area contributed by atoms with Gasteiger partial charge >= 0.3 is 0 Å². The molecule has 2 aromatic rings. The monoisotopic (exact) mass is 355 g/mol. The minimum atomic E-state index is -0.385. The first-order valence-electron chi connectivity index (χ1n) is 8.24. The lowest BCUT2D eigenvalue weighted by molar-refractivity contribution is -0.115. The van der Waals surface area contributed by atoms with Crippen LogP contribution < -0.4 is 10.6 Å². The molecule has 6 heteroatoms. The third-order valence-electron chi connectivity index (χ3n) is 4.18. The predicted molar refractivity (Wildman–Crippen MR) is 101 cm³/mol. The van der Waals surface area contributed by atoms with E-state index in [1.807, 2.05) is 47.4 Å². The number of para-hydroxylation sites is 1. The number of hydrogen-bond acceptors (Lipinski definition) is 4. The zero-order valence-electron chi connectivity index (χ0n) is 13.9. The van der Waals surface area contributed by atoms with E-state index in [1.54, 1.807) is 0 Å². The van der Waals surface area contributed by atoms with Crippen LogP contribution in [0.25, 0.3) is 0 Å². The molecule has 0 unspecified atom stereocenters. The molecule has 1 saturated heterocycles. The summed E-state index contributed by atoms with van der Waals surface area (Å²) in [5.74, 6) is -0.199. The fourth-order valence-electron chi connectivity index (χ4n) is 2.89. The van der Waals surface area contributed by atoms with Crippen molar-refractivity contribution in [2.45, 2.75) is 4.90 Å². The van der Waals surface area contributed by atoms with Crippen molar-refractivity contribution < 1.29 is 9.59 Å². The van der Waals surface area contributed by atoms with Crippen LogP contribution >= 0.6 is 11.8 Å². The summed E-state index contributed by atoms with van der Waals surface area (Å²) in [6.45, 7) is 2.99. The minimum absolute atomic E-state index is 0.0142. The molecule has 0 aliphatic carbocycles. The molecule has 0 bridgehead atoms. The highest BCUT2D eigenvalue weighted by atomic mass is 32.2. The lowest BCUT2D eigenvalue weighted by Gasteiger charge is -2.36. The van der Waals surface area contributed by atoms with Gasteiger partial charge in [-0.3, -0.25) is 9.59 Å². The molecular formula is C19H21N3O2S. The quantitative estimate of drug-likeness (QED) is 0.835. The molecule has 1 aliphatic rings. The van der Waals surface area contributed by atoms with Crippen LogP contribution in [0.1, 0.15) is 10.4 Å². The van der Waals surface area contributed by atoms with E-state index in [9.17, 15) is 9.59 Å². The molecular weight excluding hydrogens is 334 g/mol. The van der Waals surface area contributed by atoms with Gasteiger partial charge in [0.05, 0.1) is 11.3 Å². The van der Waals surface area contributed by atoms with E-state index in [-0.39, 0.29) is 17.6 Å². The van der Waals surface area contributed by atoms with E-state index < -0.39 is 0 Å². The van der Waals surface area contributed by atoms with E-state index in [4.69, 9.17) is 5.73 Å². The molecule has 25 heavy (non-hydrogen) atoms. The second kappa shape index (κ2) is 8.07. The van der Waals surface area contributed by atoms with E-state index in [0.29, 0.717) is 18.7 Å². The number of benzene rings is 2. The number of primary amides is 1. The van der Waals surface area contributed by atoms with Crippen molar-refractivity contribution in [1.29, 1.82) is 0 Å². The van der Waals surface area contributed by atoms with Crippen molar-refractivity contribution in [3.8, 4) is 0 Å². The van der Waals surface area contributed by atoms with Gasteiger partial charge in [0, 0.05) is 36.8 Å². The Morgan fingerprint density at radius 3 is 2.24 bits per heavy atom. The topological polar surface area (TPSA) is 66.6 Å². The van der Waals surface area contributed by atoms with Crippen LogP contribution in [0.4, 0.5) is 5.69 Å². The number of nitrogens with two attached hydrogens (primary N) is 1. The third-order valence-corrected chi connectivity index (χ3v) is 5.27. The Bertz CT molecular complexity index is 743. The summed E-state index contributed by atoms with van der Waals surface area (Å²) in [6, 6.07) is 17.6. The zero-order chi connectivity index (χ0) is 17.6. The van der Waals surface area contributed by atoms with Crippen molar-refractivity contribution in [3.63, 3.8) is 0 Å². The molecule has 0 radical (unpaired) electrons. The maximum atomic E-state index is 12.9. The second-order valence-electron chi connectivity index (χ2n) is 5.87. The van der Waals surface area contributed by atoms with E-state index >= 15 is 0 Å². The van der Waals surface area contributed by atoms with E-state index in [1.165, 1.54) is 17.4 Å². The Morgan fingerprint density at radius 1 is 0.920 bits per heavy atom. The summed E-state index contributed by atoms with van der Waals surface area (Å²) in [6.07, 6.45) is 0. The molecule has 3 rings (SSSR count). The molecule has 0 aromatic heterocycles. The van der Waals surface area contributed by atoms with Crippen molar-refractivity contribution in [2.75, 3.05) is 36.8 Å². The van der Waals surface area contributed by atoms with Crippen LogP contribution in [0.5, 0.6) is 0 Å². The average molecular weight is 355 g/mol. The molecule has 5 nitrogen and oxygen atoms in total. The van der Waals surface area contributed by atoms with Gasteiger partial charge in [0.2, 0.25) is 5.91 Å². The van der Waals surface area contributed by atoms with Gasteiger partial charge in [0.15, 0.2) is 0 Å². The molecule has 1 heterocycles. The molecule has 0 spiro atoms. The average Bonchev–Trinajstić information content (AvgIpc) is 2.67. The van der Waals surface area contributed by atoms with Gasteiger partial charge in [0.25, 0.3) is 5.91 Å². The highest BCUT2D eigenvalue weighted by Crippen LogP contribution is 2.24. The zero-order valence-corrected chi connectivity index (χ0v) is 14.7. The lowest BCUT2D eigenvalue weighted by atomic mass is 10.1. The van der Waals surface area contributed by atoms with Gasteiger partial charge in [0.1, 0.15) is 0 Å². The number of hydrogen-bond donors (Lipinski definition) is 1. The molecule has 2 N–H and O–H groups in total. The van der Waals surface area contributed by atoms with Gasteiger partial charge in [-0.15, -0.1) is 11.8 Å². The van der Waals surface area contributed by atoms with Crippen LogP contribution in [0.2, 0.25) is 0 Å².